The van der Waals surface area contributed by atoms with Crippen molar-refractivity contribution in [3.63, 3.8) is 0 Å². The van der Waals surface area contributed by atoms with E-state index in [9.17, 15) is 19.8 Å². The molecule has 390 valence electrons. The largest absolute Gasteiger partial charge is 0.870 e. The van der Waals surface area contributed by atoms with Crippen molar-refractivity contribution >= 4 is 11.9 Å². The highest BCUT2D eigenvalue weighted by molar-refractivity contribution is 5.64. The first-order valence-corrected chi connectivity index (χ1v) is 28.3. The van der Waals surface area contributed by atoms with E-state index in [0.29, 0.717) is 12.8 Å². The molecule has 0 fully saturated rings. The quantitative estimate of drug-likeness (QED) is 0.0447. The minimum absolute atomic E-state index is 0. The molecule has 0 saturated heterocycles. The second-order valence-electron chi connectivity index (χ2n) is 19.6. The van der Waals surface area contributed by atoms with Crippen LogP contribution in [0.25, 0.3) is 0 Å². The average molecular weight is 917 g/mol. The van der Waals surface area contributed by atoms with Crippen LogP contribution in [0.2, 0.25) is 0 Å². The molecule has 0 aromatic carbocycles. The molecule has 0 spiro atoms. The first-order valence-electron chi connectivity index (χ1n) is 28.3. The Morgan fingerprint density at radius 3 is 0.469 bits per heavy atom. The van der Waals surface area contributed by atoms with Gasteiger partial charge in [0.1, 0.15) is 0 Å². The summed E-state index contributed by atoms with van der Waals surface area (Å²) in [6.45, 7) is 45.1. The fourth-order valence-electron chi connectivity index (χ4n) is 8.83. The summed E-state index contributed by atoms with van der Waals surface area (Å²) in [5.74, 6) is -2.09. The molecular weight excluding hydrogens is 795 g/mol. The van der Waals surface area contributed by atoms with Crippen molar-refractivity contribution in [1.29, 1.82) is 0 Å². The summed E-state index contributed by atoms with van der Waals surface area (Å²) in [6.07, 6.45) is 35.9. The molecule has 8 heteroatoms. The van der Waals surface area contributed by atoms with Crippen LogP contribution in [-0.2, 0) is 9.59 Å². The Labute approximate surface area is 403 Å². The van der Waals surface area contributed by atoms with Gasteiger partial charge in [-0.15, -0.1) is 0 Å². The van der Waals surface area contributed by atoms with Crippen LogP contribution in [-0.4, -0.2) is 109 Å². The second kappa shape index (κ2) is 54.4. The molecule has 64 heavy (non-hydrogen) atoms. The van der Waals surface area contributed by atoms with Gasteiger partial charge < -0.3 is 38.7 Å². The van der Waals surface area contributed by atoms with Crippen LogP contribution in [0.1, 0.15) is 276 Å². The number of quaternary nitrogens is 3. The number of carboxylic acids is 2. The lowest BCUT2D eigenvalue weighted by atomic mass is 10.1. The second-order valence-corrected chi connectivity index (χ2v) is 19.6. The Morgan fingerprint density at radius 2 is 0.375 bits per heavy atom. The van der Waals surface area contributed by atoms with Gasteiger partial charge in [0, 0.05) is 11.9 Å². The van der Waals surface area contributed by atoms with E-state index < -0.39 is 11.9 Å². The van der Waals surface area contributed by atoms with Crippen molar-refractivity contribution in [3.05, 3.63) is 0 Å². The number of rotatable bonds is 43. The minimum Gasteiger partial charge on any atom is -0.870 e. The molecule has 0 aromatic rings. The number of carbonyl (C=O) groups is 2. The van der Waals surface area contributed by atoms with Crippen LogP contribution in [0.5, 0.6) is 0 Å². The highest BCUT2D eigenvalue weighted by atomic mass is 16.4. The first-order chi connectivity index (χ1) is 30.4. The highest BCUT2D eigenvalue weighted by Crippen LogP contribution is 2.19. The number of unbranched alkanes of at least 4 members (excludes halogenated alkanes) is 15. The predicted molar refractivity (Wildman–Crippen MR) is 278 cm³/mol. The van der Waals surface area contributed by atoms with Crippen molar-refractivity contribution in [2.45, 2.75) is 276 Å². The average Bonchev–Trinajstić information content (AvgIpc) is 3.29. The van der Waals surface area contributed by atoms with Gasteiger partial charge in [0.25, 0.3) is 0 Å². The van der Waals surface area contributed by atoms with Gasteiger partial charge in [-0.1, -0.05) is 173 Å². The summed E-state index contributed by atoms with van der Waals surface area (Å²) in [4.78, 5) is 19.8. The Bertz CT molecular complexity index is 701. The fraction of sp³-hybridized carbons (Fsp3) is 0.964. The van der Waals surface area contributed by atoms with Gasteiger partial charge in [-0.2, -0.15) is 0 Å². The van der Waals surface area contributed by atoms with Gasteiger partial charge in [0.05, 0.1) is 78.5 Å². The summed E-state index contributed by atoms with van der Waals surface area (Å²) >= 11 is 0. The van der Waals surface area contributed by atoms with E-state index in [1.807, 2.05) is 0 Å². The van der Waals surface area contributed by atoms with Gasteiger partial charge in [0.2, 0.25) is 0 Å². The highest BCUT2D eigenvalue weighted by Gasteiger charge is 2.27. The van der Waals surface area contributed by atoms with Crippen molar-refractivity contribution in [3.8, 4) is 0 Å². The third-order valence-corrected chi connectivity index (χ3v) is 13.3. The number of nitrogens with zero attached hydrogens (tertiary/aromatic N) is 3. The van der Waals surface area contributed by atoms with Gasteiger partial charge in [-0.05, 0) is 103 Å². The lowest BCUT2D eigenvalue weighted by Gasteiger charge is -2.39. The van der Waals surface area contributed by atoms with Gasteiger partial charge >= 0.3 is 0 Å². The van der Waals surface area contributed by atoms with E-state index in [1.54, 1.807) is 0 Å². The number of hydrogen-bond donors (Lipinski definition) is 0. The van der Waals surface area contributed by atoms with Crippen molar-refractivity contribution in [2.24, 2.45) is 0 Å². The van der Waals surface area contributed by atoms with Crippen LogP contribution in [0, 0.1) is 0 Å². The number of carboxylic acid groups (broad SMARTS) is 2. The summed E-state index contributed by atoms with van der Waals surface area (Å²) in [5, 5.41) is 19.8. The predicted octanol–water partition coefficient (Wildman–Crippen LogP) is 13.7. The van der Waals surface area contributed by atoms with E-state index >= 15 is 0 Å². The first kappa shape index (κ1) is 71.8. The zero-order chi connectivity index (χ0) is 48.4. The summed E-state index contributed by atoms with van der Waals surface area (Å²) in [6, 6.07) is 0. The van der Waals surface area contributed by atoms with E-state index in [1.165, 1.54) is 246 Å². The van der Waals surface area contributed by atoms with Crippen molar-refractivity contribution in [2.75, 3.05) is 78.5 Å². The zero-order valence-corrected chi connectivity index (χ0v) is 46.1. The Morgan fingerprint density at radius 1 is 0.250 bits per heavy atom. The molecule has 0 radical (unpaired) electrons. The van der Waals surface area contributed by atoms with E-state index in [-0.39, 0.29) is 18.3 Å². The normalized spacial score (nSPS) is 11.4. The molecule has 0 aliphatic carbocycles. The third-order valence-electron chi connectivity index (χ3n) is 13.3. The molecule has 0 saturated carbocycles. The topological polar surface area (TPSA) is 110 Å². The van der Waals surface area contributed by atoms with Crippen molar-refractivity contribution < 1.29 is 38.7 Å². The lowest BCUT2D eigenvalue weighted by molar-refractivity contribution is -0.929. The molecule has 0 unspecified atom stereocenters. The van der Waals surface area contributed by atoms with Crippen molar-refractivity contribution in [1.82, 2.24) is 0 Å². The smallest absolute Gasteiger partial charge is 0.0786 e. The molecule has 1 N–H and O–H groups in total. The molecule has 0 aliphatic heterocycles. The van der Waals surface area contributed by atoms with E-state index in [0.717, 1.165) is 12.8 Å². The number of aliphatic carboxylic acids is 2. The maximum Gasteiger partial charge on any atom is 0.0786 e. The fourth-order valence-corrected chi connectivity index (χ4v) is 8.83. The summed E-state index contributed by atoms with van der Waals surface area (Å²) < 4.78 is 4.26. The standard InChI is InChI=1S/3C16H36N.C8H14O4.H2O/c3*1-5-9-13-17(14-10-6-2,15-11-7-3)16-12-8-4;9-7(10)5-3-1-2-4-6-8(11)12;/h3*5-16H2,1-4H3;1-6H2,(H,9,10)(H,11,12);1H2/q3*+1;;/p-3. The molecule has 0 aromatic heterocycles. The van der Waals surface area contributed by atoms with Crippen LogP contribution in [0.4, 0.5) is 0 Å². The minimum atomic E-state index is -1.05. The molecule has 8 nitrogen and oxygen atoms in total. The van der Waals surface area contributed by atoms with E-state index in [2.05, 4.69) is 83.1 Å². The molecule has 0 bridgehead atoms. The molecule has 0 rings (SSSR count). The summed E-state index contributed by atoms with van der Waals surface area (Å²) in [7, 11) is 0. The van der Waals surface area contributed by atoms with Crippen LogP contribution < -0.4 is 10.2 Å². The SMILES string of the molecule is CCCC[N+](CCCC)(CCCC)CCCC.CCCC[N+](CCCC)(CCCC)CCCC.CCCC[N+](CCCC)(CCCC)CCCC.O=C([O-])CCCCCCC(=O)[O-].[OH-]. The third kappa shape index (κ3) is 47.3. The summed E-state index contributed by atoms with van der Waals surface area (Å²) in [5.41, 5.74) is 0. The number of hydrogen-bond acceptors (Lipinski definition) is 5. The Hall–Kier alpha value is -1.22. The van der Waals surface area contributed by atoms with E-state index in [4.69, 9.17) is 0 Å². The lowest BCUT2D eigenvalue weighted by Crippen LogP contribution is -2.50. The van der Waals surface area contributed by atoms with Crippen LogP contribution >= 0.6 is 0 Å². The van der Waals surface area contributed by atoms with Crippen LogP contribution in [0.15, 0.2) is 0 Å². The molecular formula is C56H121N3O5. The monoisotopic (exact) mass is 916 g/mol. The number of carbonyl (C=O) groups excluding carboxylic acids is 2. The Balaban J connectivity index is -0.000000242. The molecule has 0 atom stereocenters. The zero-order valence-electron chi connectivity index (χ0n) is 46.1. The molecule has 0 heterocycles. The maximum absolute atomic E-state index is 9.92. The van der Waals surface area contributed by atoms with Crippen LogP contribution in [0.3, 0.4) is 0 Å². The molecule has 0 amide bonds. The Kier molecular flexibility index (Phi) is 61.0. The van der Waals surface area contributed by atoms with Gasteiger partial charge in [-0.3, -0.25) is 0 Å². The van der Waals surface area contributed by atoms with Gasteiger partial charge in [0.15, 0.2) is 0 Å². The molecule has 0 aliphatic rings. The maximum atomic E-state index is 9.92. The van der Waals surface area contributed by atoms with Gasteiger partial charge in [-0.25, -0.2) is 0 Å².